The number of unbranched alkanes of at least 4 members (excludes halogenated alkanes) is 1. The van der Waals surface area contributed by atoms with Crippen LogP contribution in [0, 0.1) is 17.5 Å². The van der Waals surface area contributed by atoms with Crippen molar-refractivity contribution in [1.29, 1.82) is 0 Å². The van der Waals surface area contributed by atoms with Crippen molar-refractivity contribution in [2.45, 2.75) is 55.6 Å². The Morgan fingerprint density at radius 2 is 1.57 bits per heavy atom. The van der Waals surface area contributed by atoms with Crippen molar-refractivity contribution in [3.05, 3.63) is 106 Å². The van der Waals surface area contributed by atoms with Gasteiger partial charge in [0.15, 0.2) is 5.16 Å². The lowest BCUT2D eigenvalue weighted by atomic mass is 9.81. The fraction of sp³-hybridized carbons (Fsp3) is 0.371. The largest absolute Gasteiger partial charge is 0.542 e. The van der Waals surface area contributed by atoms with Gasteiger partial charge in [-0.3, -0.25) is 4.57 Å². The standard InChI is InChI=1S/C33H38ClF3N3OS.C2HF3O2/c1-33(2,23-10-15-27(34)30(19-23)41-6)31-20-38-32(39(31)25-13-11-24(35)12-14-25)42-21-26-28(36)17-22(18-29(26)37)9-7-8-16-40(3,4)5;3-2(4,5)1(6)7/h10-15,17-20H,7-9,16,21H2,1-6H3;(H,6,7)/q+1;/p-1. The van der Waals surface area contributed by atoms with Gasteiger partial charge in [0.25, 0.3) is 0 Å². The maximum Gasteiger partial charge on any atom is 0.430 e. The van der Waals surface area contributed by atoms with Crippen molar-refractivity contribution in [2.24, 2.45) is 0 Å². The zero-order valence-electron chi connectivity index (χ0n) is 27.9. The Morgan fingerprint density at radius 3 is 2.10 bits per heavy atom. The van der Waals surface area contributed by atoms with Crippen LogP contribution in [0.1, 0.15) is 49.1 Å². The Hall–Kier alpha value is -3.68. The minimum Gasteiger partial charge on any atom is -0.542 e. The predicted octanol–water partition coefficient (Wildman–Crippen LogP) is 7.90. The zero-order valence-corrected chi connectivity index (χ0v) is 29.5. The summed E-state index contributed by atoms with van der Waals surface area (Å²) in [5, 5.41) is 9.82. The van der Waals surface area contributed by atoms with Crippen LogP contribution in [0.15, 0.2) is 66.0 Å². The molecule has 266 valence electrons. The summed E-state index contributed by atoms with van der Waals surface area (Å²) in [4.78, 5) is 13.4. The van der Waals surface area contributed by atoms with Crippen molar-refractivity contribution in [1.82, 2.24) is 9.55 Å². The summed E-state index contributed by atoms with van der Waals surface area (Å²) >= 11 is 7.51. The molecule has 1 aromatic heterocycles. The van der Waals surface area contributed by atoms with E-state index in [4.69, 9.17) is 26.2 Å². The third-order valence-electron chi connectivity index (χ3n) is 7.65. The number of thioether (sulfide) groups is 1. The fourth-order valence-corrected chi connectivity index (χ4v) is 6.11. The highest BCUT2D eigenvalue weighted by atomic mass is 35.5. The molecule has 49 heavy (non-hydrogen) atoms. The van der Waals surface area contributed by atoms with Crippen molar-refractivity contribution >= 4 is 29.3 Å². The summed E-state index contributed by atoms with van der Waals surface area (Å²) in [6.45, 7) is 5.09. The summed E-state index contributed by atoms with van der Waals surface area (Å²) in [5.74, 6) is -3.89. The fourth-order valence-electron chi connectivity index (χ4n) is 4.90. The van der Waals surface area contributed by atoms with E-state index in [1.807, 2.05) is 30.5 Å². The number of alkyl halides is 3. The van der Waals surface area contributed by atoms with E-state index in [0.29, 0.717) is 33.6 Å². The molecule has 0 aliphatic heterocycles. The van der Waals surface area contributed by atoms with Crippen LogP contribution in [0.3, 0.4) is 0 Å². The van der Waals surface area contributed by atoms with E-state index in [1.165, 1.54) is 36.0 Å². The molecule has 14 heteroatoms. The summed E-state index contributed by atoms with van der Waals surface area (Å²) in [5.41, 5.74) is 2.51. The van der Waals surface area contributed by atoms with Crippen LogP contribution >= 0.6 is 23.4 Å². The Morgan fingerprint density at radius 1 is 0.980 bits per heavy atom. The van der Waals surface area contributed by atoms with Crippen LogP contribution in [0.2, 0.25) is 5.02 Å². The molecule has 0 amide bonds. The van der Waals surface area contributed by atoms with Gasteiger partial charge in [-0.2, -0.15) is 13.2 Å². The summed E-state index contributed by atoms with van der Waals surface area (Å²) in [6, 6.07) is 14.6. The Bertz CT molecular complexity index is 1720. The van der Waals surface area contributed by atoms with Gasteiger partial charge >= 0.3 is 6.18 Å². The number of hydrogen-bond donors (Lipinski definition) is 0. The number of methoxy groups -OCH3 is 1. The average Bonchev–Trinajstić information content (AvgIpc) is 3.43. The number of aliphatic carboxylic acids is 1. The lowest BCUT2D eigenvalue weighted by molar-refractivity contribution is -0.870. The van der Waals surface area contributed by atoms with Crippen LogP contribution in [0.25, 0.3) is 5.69 Å². The van der Waals surface area contributed by atoms with Crippen LogP contribution in [-0.2, 0) is 22.4 Å². The van der Waals surface area contributed by atoms with Crippen molar-refractivity contribution in [3.8, 4) is 11.4 Å². The van der Waals surface area contributed by atoms with Gasteiger partial charge in [0.1, 0.15) is 29.2 Å². The van der Waals surface area contributed by atoms with Crippen molar-refractivity contribution < 1.29 is 45.5 Å². The first-order chi connectivity index (χ1) is 22.7. The highest BCUT2D eigenvalue weighted by molar-refractivity contribution is 7.98. The molecule has 4 aromatic rings. The molecule has 0 saturated heterocycles. The van der Waals surface area contributed by atoms with Crippen LogP contribution < -0.4 is 9.84 Å². The second-order valence-electron chi connectivity index (χ2n) is 12.8. The van der Waals surface area contributed by atoms with Gasteiger partial charge in [-0.25, -0.2) is 18.2 Å². The number of ether oxygens (including phenoxy) is 1. The van der Waals surface area contributed by atoms with E-state index in [2.05, 4.69) is 26.1 Å². The van der Waals surface area contributed by atoms with E-state index < -0.39 is 29.2 Å². The number of carbonyl (C=O) groups excluding carboxylic acids is 1. The topological polar surface area (TPSA) is 67.2 Å². The molecule has 0 radical (unpaired) electrons. The van der Waals surface area contributed by atoms with E-state index in [9.17, 15) is 17.6 Å². The van der Waals surface area contributed by atoms with Gasteiger partial charge in [0.05, 0.1) is 51.7 Å². The van der Waals surface area contributed by atoms with E-state index in [1.54, 1.807) is 31.5 Å². The summed E-state index contributed by atoms with van der Waals surface area (Å²) in [6.07, 6.45) is -0.962. The number of imidazole rings is 1. The van der Waals surface area contributed by atoms with Gasteiger partial charge in [0.2, 0.25) is 0 Å². The van der Waals surface area contributed by atoms with E-state index in [0.717, 1.165) is 35.1 Å². The van der Waals surface area contributed by atoms with Gasteiger partial charge in [-0.1, -0.05) is 43.3 Å². The van der Waals surface area contributed by atoms with Gasteiger partial charge in [-0.15, -0.1) is 0 Å². The number of nitrogens with zero attached hydrogens (tertiary/aromatic N) is 3. The lowest BCUT2D eigenvalue weighted by Gasteiger charge is -2.28. The van der Waals surface area contributed by atoms with Gasteiger partial charge in [-0.05, 0) is 78.9 Å². The molecule has 0 atom stereocenters. The quantitative estimate of drug-likeness (QED) is 0.0643. The van der Waals surface area contributed by atoms with Gasteiger partial charge < -0.3 is 19.1 Å². The normalized spacial score (nSPS) is 12.0. The molecule has 0 aliphatic carbocycles. The number of hydrogen-bond acceptors (Lipinski definition) is 5. The Labute approximate surface area is 291 Å². The minimum atomic E-state index is -5.19. The number of halogens is 7. The third-order valence-corrected chi connectivity index (χ3v) is 8.94. The highest BCUT2D eigenvalue weighted by Gasteiger charge is 2.31. The van der Waals surface area contributed by atoms with E-state index >= 15 is 8.78 Å². The molecule has 0 N–H and O–H groups in total. The molecule has 0 spiro atoms. The minimum absolute atomic E-state index is 0.00649. The first kappa shape index (κ1) is 39.8. The predicted molar refractivity (Wildman–Crippen MR) is 176 cm³/mol. The highest BCUT2D eigenvalue weighted by Crippen LogP contribution is 2.39. The second-order valence-corrected chi connectivity index (χ2v) is 14.1. The number of rotatable bonds is 12. The summed E-state index contributed by atoms with van der Waals surface area (Å²) in [7, 11) is 7.95. The SMILES string of the molecule is COc1cc(C(C)(C)c2cnc(SCc3c(F)cc(CCCC[N+](C)(C)C)cc3F)n2-c2ccc(F)cc2)ccc1Cl.O=C([O-])C(F)(F)F. The molecule has 4 rings (SSSR count). The van der Waals surface area contributed by atoms with E-state index in [-0.39, 0.29) is 17.1 Å². The monoisotopic (exact) mass is 729 g/mol. The molecule has 0 aliphatic rings. The number of carbonyl (C=O) groups is 1. The molecule has 6 nitrogen and oxygen atoms in total. The molecule has 0 saturated carbocycles. The number of aryl methyl sites for hydroxylation is 1. The Balaban J connectivity index is 0.000000838. The molecule has 0 fully saturated rings. The van der Waals surface area contributed by atoms with Crippen LogP contribution in [0.4, 0.5) is 26.3 Å². The number of quaternary nitrogens is 1. The van der Waals surface area contributed by atoms with Crippen molar-refractivity contribution in [2.75, 3.05) is 34.8 Å². The number of benzene rings is 3. The molecular formula is C35H38ClF6N3O3S. The average molecular weight is 730 g/mol. The first-order valence-corrected chi connectivity index (χ1v) is 16.5. The maximum atomic E-state index is 15.2. The van der Waals surface area contributed by atoms with Crippen LogP contribution in [-0.4, -0.2) is 61.0 Å². The van der Waals surface area contributed by atoms with Crippen molar-refractivity contribution in [3.63, 3.8) is 0 Å². The summed E-state index contributed by atoms with van der Waals surface area (Å²) < 4.78 is 83.9. The molecule has 1 heterocycles. The molecule has 3 aromatic carbocycles. The molecule has 0 bridgehead atoms. The number of carboxylic acids is 1. The lowest BCUT2D eigenvalue weighted by Crippen LogP contribution is -2.37. The number of aromatic nitrogens is 2. The first-order valence-electron chi connectivity index (χ1n) is 15.1. The number of carboxylic acid groups (broad SMARTS) is 1. The molecular weight excluding hydrogens is 692 g/mol. The maximum absolute atomic E-state index is 15.2. The van der Waals surface area contributed by atoms with Crippen LogP contribution in [0.5, 0.6) is 5.75 Å². The smallest absolute Gasteiger partial charge is 0.430 e. The molecule has 0 unspecified atom stereocenters. The van der Waals surface area contributed by atoms with Gasteiger partial charge in [0, 0.05) is 22.4 Å². The second kappa shape index (κ2) is 16.4. The Kier molecular flexibility index (Phi) is 13.3. The zero-order chi connectivity index (χ0) is 36.7. The third kappa shape index (κ3) is 10.9.